The maximum atomic E-state index is 14.1. The number of nitrogens with zero attached hydrogens (tertiary/aromatic N) is 4. The van der Waals surface area contributed by atoms with Crippen LogP contribution in [0, 0.1) is 5.82 Å². The number of nitrogens with one attached hydrogen (secondary N) is 2. The molecule has 3 aromatic rings. The first-order valence-electron chi connectivity index (χ1n) is 10.8. The Hall–Kier alpha value is -2.78. The number of hydrogen-bond acceptors (Lipinski definition) is 8. The Labute approximate surface area is 190 Å². The van der Waals surface area contributed by atoms with Gasteiger partial charge in [0.25, 0.3) is 0 Å². The van der Waals surface area contributed by atoms with E-state index < -0.39 is 5.41 Å². The zero-order valence-electron chi connectivity index (χ0n) is 18.3. The molecule has 1 fully saturated rings. The average molecular weight is 455 g/mol. The fourth-order valence-corrected chi connectivity index (χ4v) is 4.62. The minimum Gasteiger partial charge on any atom is -0.368 e. The smallest absolute Gasteiger partial charge is 0.150 e. The molecule has 1 atom stereocenters. The Bertz CT molecular complexity index is 1060. The lowest BCUT2D eigenvalue weighted by atomic mass is 9.88. The number of aromatic nitrogens is 4. The van der Waals surface area contributed by atoms with Crippen molar-refractivity contribution in [3.05, 3.63) is 53.0 Å². The van der Waals surface area contributed by atoms with Gasteiger partial charge in [-0.05, 0) is 50.1 Å². The molecular formula is C23H27FN6OS. The summed E-state index contributed by atoms with van der Waals surface area (Å²) in [5, 5.41) is 15.8. The minimum atomic E-state index is -0.513. The highest BCUT2D eigenvalue weighted by Crippen LogP contribution is 2.26. The predicted molar refractivity (Wildman–Crippen MR) is 123 cm³/mol. The van der Waals surface area contributed by atoms with Crippen LogP contribution in [0.25, 0.3) is 10.7 Å². The number of carbonyl (C=O) groups excluding carboxylic acids is 1. The van der Waals surface area contributed by atoms with E-state index in [9.17, 15) is 9.18 Å². The van der Waals surface area contributed by atoms with Crippen LogP contribution in [-0.4, -0.2) is 45.1 Å². The lowest BCUT2D eigenvalue weighted by Crippen LogP contribution is -2.30. The fourth-order valence-electron chi connectivity index (χ4n) is 3.74. The summed E-state index contributed by atoms with van der Waals surface area (Å²) in [4.78, 5) is 21.9. The number of aryl methyl sites for hydroxylation is 1. The van der Waals surface area contributed by atoms with Crippen molar-refractivity contribution in [2.24, 2.45) is 0 Å². The van der Waals surface area contributed by atoms with E-state index in [1.807, 2.05) is 32.2 Å². The molecule has 1 aliphatic rings. The molecule has 1 aliphatic heterocycles. The van der Waals surface area contributed by atoms with Crippen LogP contribution >= 0.6 is 11.3 Å². The molecule has 0 aromatic carbocycles. The molecule has 1 saturated heterocycles. The SMILES string of the molecule is CC(C)(CNc1ccc(-c2ncc(CCC(=O)[C@@H]3CCCN3)s2)nn1)c1ncccc1F. The van der Waals surface area contributed by atoms with Crippen molar-refractivity contribution >= 4 is 22.9 Å². The van der Waals surface area contributed by atoms with Crippen molar-refractivity contribution in [2.45, 2.75) is 51.0 Å². The van der Waals surface area contributed by atoms with Crippen LogP contribution in [0.5, 0.6) is 0 Å². The Morgan fingerprint density at radius 3 is 2.88 bits per heavy atom. The van der Waals surface area contributed by atoms with E-state index in [1.54, 1.807) is 12.3 Å². The lowest BCUT2D eigenvalue weighted by Gasteiger charge is -2.24. The third-order valence-corrected chi connectivity index (χ3v) is 6.69. The van der Waals surface area contributed by atoms with Gasteiger partial charge in [-0.25, -0.2) is 9.37 Å². The second-order valence-corrected chi connectivity index (χ2v) is 9.74. The van der Waals surface area contributed by atoms with Gasteiger partial charge in [-0.15, -0.1) is 21.5 Å². The zero-order valence-corrected chi connectivity index (χ0v) is 19.1. The van der Waals surface area contributed by atoms with Crippen molar-refractivity contribution in [2.75, 3.05) is 18.4 Å². The van der Waals surface area contributed by atoms with E-state index in [4.69, 9.17) is 0 Å². The third-order valence-electron chi connectivity index (χ3n) is 5.61. The highest BCUT2D eigenvalue weighted by Gasteiger charge is 2.26. The van der Waals surface area contributed by atoms with Crippen LogP contribution in [0.4, 0.5) is 10.2 Å². The van der Waals surface area contributed by atoms with Gasteiger partial charge >= 0.3 is 0 Å². The number of ketones is 1. The number of carbonyl (C=O) groups is 1. The van der Waals surface area contributed by atoms with Gasteiger partial charge in [0.15, 0.2) is 0 Å². The highest BCUT2D eigenvalue weighted by atomic mass is 32.1. The first kappa shape index (κ1) is 22.4. The number of anilines is 1. The Balaban J connectivity index is 1.33. The molecule has 2 N–H and O–H groups in total. The van der Waals surface area contributed by atoms with Gasteiger partial charge in [-0.1, -0.05) is 13.8 Å². The molecule has 0 spiro atoms. The molecule has 7 nitrogen and oxygen atoms in total. The van der Waals surface area contributed by atoms with Crippen molar-refractivity contribution < 1.29 is 9.18 Å². The molecule has 0 unspecified atom stereocenters. The van der Waals surface area contributed by atoms with Crippen LogP contribution in [-0.2, 0) is 16.6 Å². The largest absolute Gasteiger partial charge is 0.368 e. The van der Waals surface area contributed by atoms with Crippen molar-refractivity contribution in [3.8, 4) is 10.7 Å². The van der Waals surface area contributed by atoms with E-state index in [0.717, 1.165) is 29.3 Å². The first-order chi connectivity index (χ1) is 15.4. The summed E-state index contributed by atoms with van der Waals surface area (Å²) >= 11 is 1.54. The van der Waals surface area contributed by atoms with Crippen LogP contribution in [0.2, 0.25) is 0 Å². The average Bonchev–Trinajstić information content (AvgIpc) is 3.49. The van der Waals surface area contributed by atoms with Crippen LogP contribution in [0.1, 0.15) is 43.7 Å². The van der Waals surface area contributed by atoms with Gasteiger partial charge < -0.3 is 10.6 Å². The molecule has 9 heteroatoms. The second kappa shape index (κ2) is 9.79. The van der Waals surface area contributed by atoms with E-state index >= 15 is 0 Å². The molecule has 4 heterocycles. The van der Waals surface area contributed by atoms with E-state index in [-0.39, 0.29) is 17.6 Å². The van der Waals surface area contributed by atoms with Crippen molar-refractivity contribution in [3.63, 3.8) is 0 Å². The summed E-state index contributed by atoms with van der Waals surface area (Å²) in [6.45, 7) is 5.25. The summed E-state index contributed by atoms with van der Waals surface area (Å²) in [5.41, 5.74) is 0.585. The molecule has 3 aromatic heterocycles. The molecular weight excluding hydrogens is 427 g/mol. The standard InChI is InChI=1S/C23H27FN6OS/c1-23(2,21-16(24)5-3-12-26-21)14-28-20-10-8-18(29-30-20)22-27-13-15(32-22)7-9-19(31)17-6-4-11-25-17/h3,5,8,10,12-13,17,25H,4,6-7,9,11,14H2,1-2H3,(H,28,30)/t17-/m0/s1. The number of pyridine rings is 1. The maximum Gasteiger partial charge on any atom is 0.150 e. The van der Waals surface area contributed by atoms with Gasteiger partial charge in [0.2, 0.25) is 0 Å². The normalized spacial score (nSPS) is 16.3. The van der Waals surface area contributed by atoms with Crippen LogP contribution < -0.4 is 10.6 Å². The highest BCUT2D eigenvalue weighted by molar-refractivity contribution is 7.15. The van der Waals surface area contributed by atoms with Crippen molar-refractivity contribution in [1.29, 1.82) is 0 Å². The summed E-state index contributed by atoms with van der Waals surface area (Å²) in [6.07, 6.45) is 6.64. The molecule has 32 heavy (non-hydrogen) atoms. The molecule has 0 bridgehead atoms. The van der Waals surface area contributed by atoms with E-state index in [1.165, 1.54) is 17.4 Å². The van der Waals surface area contributed by atoms with Crippen LogP contribution in [0.3, 0.4) is 0 Å². The number of thiazole rings is 1. The maximum absolute atomic E-state index is 14.1. The molecule has 0 saturated carbocycles. The molecule has 0 aliphatic carbocycles. The van der Waals surface area contributed by atoms with Crippen LogP contribution in [0.15, 0.2) is 36.7 Å². The molecule has 4 rings (SSSR count). The van der Waals surface area contributed by atoms with Gasteiger partial charge in [0.1, 0.15) is 28.1 Å². The number of rotatable bonds is 9. The zero-order chi connectivity index (χ0) is 22.6. The first-order valence-corrected chi connectivity index (χ1v) is 11.6. The molecule has 0 amide bonds. The Kier molecular flexibility index (Phi) is 6.86. The number of hydrogen-bond donors (Lipinski definition) is 2. The summed E-state index contributed by atoms with van der Waals surface area (Å²) in [5.74, 6) is 0.562. The van der Waals surface area contributed by atoms with Gasteiger partial charge in [-0.2, -0.15) is 0 Å². The molecule has 168 valence electrons. The van der Waals surface area contributed by atoms with Gasteiger partial charge in [-0.3, -0.25) is 9.78 Å². The summed E-state index contributed by atoms with van der Waals surface area (Å²) < 4.78 is 14.1. The topological polar surface area (TPSA) is 92.7 Å². The third kappa shape index (κ3) is 5.34. The minimum absolute atomic E-state index is 0.0208. The Morgan fingerprint density at radius 2 is 2.16 bits per heavy atom. The van der Waals surface area contributed by atoms with Gasteiger partial charge in [0.05, 0.1) is 11.7 Å². The number of halogens is 1. The summed E-state index contributed by atoms with van der Waals surface area (Å²) in [7, 11) is 0. The number of Topliss-reactive ketones (excluding diaryl/α,β-unsaturated/α-hetero) is 1. The predicted octanol–water partition coefficient (Wildman–Crippen LogP) is 3.78. The monoisotopic (exact) mass is 454 g/mol. The lowest BCUT2D eigenvalue weighted by molar-refractivity contribution is -0.120. The fraction of sp³-hybridized carbons (Fsp3) is 0.435. The van der Waals surface area contributed by atoms with Gasteiger partial charge in [0, 0.05) is 35.7 Å². The van der Waals surface area contributed by atoms with E-state index in [2.05, 4.69) is 30.8 Å². The Morgan fingerprint density at radius 1 is 1.28 bits per heavy atom. The van der Waals surface area contributed by atoms with E-state index in [0.29, 0.717) is 36.6 Å². The molecule has 0 radical (unpaired) electrons. The summed E-state index contributed by atoms with van der Waals surface area (Å²) in [6, 6.07) is 6.72. The second-order valence-electron chi connectivity index (χ2n) is 8.62. The quantitative estimate of drug-likeness (QED) is 0.508. The van der Waals surface area contributed by atoms with Crippen molar-refractivity contribution in [1.82, 2.24) is 25.5 Å².